The van der Waals surface area contributed by atoms with Gasteiger partial charge >= 0.3 is 0 Å². The van der Waals surface area contributed by atoms with Crippen LogP contribution in [0.4, 0.5) is 11.4 Å². The van der Waals surface area contributed by atoms with E-state index >= 15 is 0 Å². The fourth-order valence-electron chi connectivity index (χ4n) is 4.51. The molecule has 0 saturated carbocycles. The molecule has 9 nitrogen and oxygen atoms in total. The number of rotatable bonds is 7. The summed E-state index contributed by atoms with van der Waals surface area (Å²) in [5, 5.41) is 3.92. The normalized spacial score (nSPS) is 17.5. The molecule has 0 bridgehead atoms. The van der Waals surface area contributed by atoms with Crippen LogP contribution in [0.5, 0.6) is 5.75 Å². The Labute approximate surface area is 221 Å². The molecule has 1 aromatic carbocycles. The minimum absolute atomic E-state index is 0.277. The number of sulfonamides is 1. The van der Waals surface area contributed by atoms with E-state index in [1.54, 1.807) is 18.3 Å². The van der Waals surface area contributed by atoms with Crippen LogP contribution >= 0.6 is 12.2 Å². The van der Waals surface area contributed by atoms with Crippen molar-refractivity contribution in [2.24, 2.45) is 0 Å². The summed E-state index contributed by atoms with van der Waals surface area (Å²) < 4.78 is 34.1. The van der Waals surface area contributed by atoms with E-state index in [9.17, 15) is 8.42 Å². The molecule has 190 valence electrons. The second kappa shape index (κ2) is 9.83. The number of benzene rings is 1. The van der Waals surface area contributed by atoms with Crippen molar-refractivity contribution >= 4 is 38.7 Å². The van der Waals surface area contributed by atoms with Gasteiger partial charge in [-0.3, -0.25) is 9.71 Å². The molecule has 1 aliphatic heterocycles. The van der Waals surface area contributed by atoms with Crippen molar-refractivity contribution in [3.8, 4) is 11.6 Å². The van der Waals surface area contributed by atoms with E-state index in [1.807, 2.05) is 77.3 Å². The number of hydrogen-bond donors (Lipinski definition) is 2. The van der Waals surface area contributed by atoms with Crippen molar-refractivity contribution in [3.63, 3.8) is 0 Å². The molecule has 0 amide bonds. The van der Waals surface area contributed by atoms with Crippen molar-refractivity contribution in [1.29, 1.82) is 0 Å². The molecule has 0 spiro atoms. The van der Waals surface area contributed by atoms with Gasteiger partial charge < -0.3 is 19.5 Å². The molecule has 5 rings (SSSR count). The van der Waals surface area contributed by atoms with Crippen LogP contribution in [0.25, 0.3) is 5.82 Å². The summed E-state index contributed by atoms with van der Waals surface area (Å²) in [5.41, 5.74) is 3.84. The first-order chi connectivity index (χ1) is 17.7. The number of nitrogens with zero attached hydrogens (tertiary/aromatic N) is 4. The molecule has 0 radical (unpaired) electrons. The number of aromatic nitrogens is 3. The fraction of sp³-hybridized carbons (Fsp3) is 0.192. The number of thiocarbonyl (C=S) groups is 1. The summed E-state index contributed by atoms with van der Waals surface area (Å²) in [7, 11) is -2.05. The average Bonchev–Trinajstić information content (AvgIpc) is 3.48. The van der Waals surface area contributed by atoms with Gasteiger partial charge in [0, 0.05) is 30.0 Å². The van der Waals surface area contributed by atoms with Gasteiger partial charge in [-0.2, -0.15) is 0 Å². The third-order valence-electron chi connectivity index (χ3n) is 6.08. The van der Waals surface area contributed by atoms with Crippen molar-refractivity contribution in [2.45, 2.75) is 19.0 Å². The van der Waals surface area contributed by atoms with Gasteiger partial charge in [0.05, 0.1) is 30.8 Å². The lowest BCUT2D eigenvalue weighted by atomic mass is 10.0. The van der Waals surface area contributed by atoms with Gasteiger partial charge in [-0.1, -0.05) is 12.1 Å². The summed E-state index contributed by atoms with van der Waals surface area (Å²) in [6.45, 7) is 2.00. The summed E-state index contributed by atoms with van der Waals surface area (Å²) in [5.74, 6) is 1.18. The number of anilines is 2. The molecule has 2 N–H and O–H groups in total. The molecule has 2 atom stereocenters. The van der Waals surface area contributed by atoms with Crippen LogP contribution in [0.15, 0.2) is 79.3 Å². The Bertz CT molecular complexity index is 1540. The highest BCUT2D eigenvalue weighted by molar-refractivity contribution is 7.92. The number of pyridine rings is 2. The molecular formula is C26H26N6O3S2. The molecule has 3 aromatic heterocycles. The van der Waals surface area contributed by atoms with E-state index < -0.39 is 10.0 Å². The quantitative estimate of drug-likeness (QED) is 0.341. The predicted molar refractivity (Wildman–Crippen MR) is 148 cm³/mol. The summed E-state index contributed by atoms with van der Waals surface area (Å²) >= 11 is 5.83. The van der Waals surface area contributed by atoms with Crippen LogP contribution in [0.2, 0.25) is 0 Å². The van der Waals surface area contributed by atoms with Crippen molar-refractivity contribution in [3.05, 3.63) is 96.2 Å². The maximum atomic E-state index is 12.0. The second-order valence-corrected chi connectivity index (χ2v) is 10.9. The lowest BCUT2D eigenvalue weighted by Crippen LogP contribution is -2.30. The van der Waals surface area contributed by atoms with Gasteiger partial charge in [-0.25, -0.2) is 13.4 Å². The Balaban J connectivity index is 1.66. The summed E-state index contributed by atoms with van der Waals surface area (Å²) in [6.07, 6.45) is 6.65. The Hall–Kier alpha value is -3.96. The molecule has 11 heteroatoms. The number of nitrogens with one attached hydrogen (secondary N) is 2. The van der Waals surface area contributed by atoms with E-state index in [1.165, 1.54) is 7.11 Å². The van der Waals surface area contributed by atoms with Gasteiger partial charge in [0.15, 0.2) is 5.11 Å². The Morgan fingerprint density at radius 1 is 1.08 bits per heavy atom. The zero-order valence-electron chi connectivity index (χ0n) is 20.5. The minimum Gasteiger partial charge on any atom is -0.495 e. The molecule has 1 fully saturated rings. The highest BCUT2D eigenvalue weighted by atomic mass is 32.2. The number of aryl methyl sites for hydroxylation is 1. The van der Waals surface area contributed by atoms with Gasteiger partial charge in [0.2, 0.25) is 10.0 Å². The molecule has 0 unspecified atom stereocenters. The fourth-order valence-corrected chi connectivity index (χ4v) is 5.41. The molecule has 0 aliphatic carbocycles. The van der Waals surface area contributed by atoms with E-state index in [0.29, 0.717) is 22.2 Å². The zero-order valence-corrected chi connectivity index (χ0v) is 22.1. The Morgan fingerprint density at radius 3 is 2.59 bits per heavy atom. The largest absolute Gasteiger partial charge is 0.495 e. The first-order valence-corrected chi connectivity index (χ1v) is 13.8. The highest BCUT2D eigenvalue weighted by Crippen LogP contribution is 2.43. The SMILES string of the molecule is COc1ccc(N2C(=S)N[C@H](c3ccccn3)[C@@H]2c2cccn2-c2ccc(C)cn2)cc1NS(C)(=O)=O. The molecule has 4 aromatic rings. The van der Waals surface area contributed by atoms with Crippen LogP contribution in [-0.4, -0.2) is 41.4 Å². The van der Waals surface area contributed by atoms with Gasteiger partial charge in [-0.05, 0) is 73.2 Å². The number of hydrogen-bond acceptors (Lipinski definition) is 6. The smallest absolute Gasteiger partial charge is 0.229 e. The van der Waals surface area contributed by atoms with Gasteiger partial charge in [0.25, 0.3) is 0 Å². The van der Waals surface area contributed by atoms with Crippen molar-refractivity contribution in [1.82, 2.24) is 19.9 Å². The zero-order chi connectivity index (χ0) is 26.2. The van der Waals surface area contributed by atoms with Crippen LogP contribution in [0.1, 0.15) is 29.0 Å². The van der Waals surface area contributed by atoms with E-state index in [0.717, 1.165) is 29.0 Å². The highest BCUT2D eigenvalue weighted by Gasteiger charge is 2.42. The van der Waals surface area contributed by atoms with Crippen LogP contribution < -0.4 is 19.7 Å². The number of ether oxygens (including phenoxy) is 1. The van der Waals surface area contributed by atoms with E-state index in [4.69, 9.17) is 17.0 Å². The first-order valence-electron chi connectivity index (χ1n) is 11.5. The third-order valence-corrected chi connectivity index (χ3v) is 6.99. The van der Waals surface area contributed by atoms with Crippen LogP contribution in [0, 0.1) is 6.92 Å². The average molecular weight is 535 g/mol. The summed E-state index contributed by atoms with van der Waals surface area (Å²) in [4.78, 5) is 11.2. The van der Waals surface area contributed by atoms with E-state index in [-0.39, 0.29) is 12.1 Å². The number of methoxy groups -OCH3 is 1. The first kappa shape index (κ1) is 24.7. The third kappa shape index (κ3) is 5.00. The lowest BCUT2D eigenvalue weighted by Gasteiger charge is -2.29. The maximum absolute atomic E-state index is 12.0. The standard InChI is InChI=1S/C26H26N6O3S2/c1-17-9-12-23(28-16-17)31-14-6-8-21(31)25-24(19-7-4-5-13-27-19)29-26(36)32(25)18-10-11-22(35-2)20(15-18)30-37(3,33)34/h4-16,24-25,30H,1-3H3,(H,29,36)/t24-,25+/m1/s1. The lowest BCUT2D eigenvalue weighted by molar-refractivity contribution is 0.417. The molecule has 1 saturated heterocycles. The van der Waals surface area contributed by atoms with Crippen molar-refractivity contribution in [2.75, 3.05) is 23.0 Å². The molecular weight excluding hydrogens is 508 g/mol. The summed E-state index contributed by atoms with van der Waals surface area (Å²) in [6, 6.07) is 18.5. The van der Waals surface area contributed by atoms with Crippen LogP contribution in [-0.2, 0) is 10.0 Å². The van der Waals surface area contributed by atoms with E-state index in [2.05, 4.69) is 20.0 Å². The molecule has 1 aliphatic rings. The van der Waals surface area contributed by atoms with Crippen LogP contribution in [0.3, 0.4) is 0 Å². The second-order valence-electron chi connectivity index (χ2n) is 8.75. The Kier molecular flexibility index (Phi) is 6.57. The molecule has 37 heavy (non-hydrogen) atoms. The predicted octanol–water partition coefficient (Wildman–Crippen LogP) is 4.13. The maximum Gasteiger partial charge on any atom is 0.229 e. The van der Waals surface area contributed by atoms with Gasteiger partial charge in [0.1, 0.15) is 17.6 Å². The monoisotopic (exact) mass is 534 g/mol. The Morgan fingerprint density at radius 2 is 1.92 bits per heavy atom. The minimum atomic E-state index is -3.54. The van der Waals surface area contributed by atoms with Gasteiger partial charge in [-0.15, -0.1) is 0 Å². The van der Waals surface area contributed by atoms with Crippen molar-refractivity contribution < 1.29 is 13.2 Å². The molecule has 4 heterocycles. The topological polar surface area (TPSA) is 101 Å².